The molecule has 11 heteroatoms. The van der Waals surface area contributed by atoms with Crippen LogP contribution in [0.3, 0.4) is 0 Å². The van der Waals surface area contributed by atoms with Crippen molar-refractivity contribution in [2.75, 3.05) is 30.3 Å². The fourth-order valence-electron chi connectivity index (χ4n) is 4.29. The van der Waals surface area contributed by atoms with Crippen molar-refractivity contribution in [3.05, 3.63) is 52.3 Å². The molecular formula is C23H24BrN7O3. The largest absolute Gasteiger partial charge is 0.478 e. The molecule has 0 unspecified atom stereocenters. The molecule has 0 spiro atoms. The van der Waals surface area contributed by atoms with E-state index in [1.807, 2.05) is 29.8 Å². The summed E-state index contributed by atoms with van der Waals surface area (Å²) in [4.78, 5) is 22.6. The van der Waals surface area contributed by atoms with Gasteiger partial charge in [0.05, 0.1) is 46.8 Å². The van der Waals surface area contributed by atoms with Gasteiger partial charge in [0.2, 0.25) is 5.95 Å². The van der Waals surface area contributed by atoms with Gasteiger partial charge in [-0.3, -0.25) is 9.67 Å². The highest BCUT2D eigenvalue weighted by molar-refractivity contribution is 9.10. The summed E-state index contributed by atoms with van der Waals surface area (Å²) < 4.78 is 10.8. The van der Waals surface area contributed by atoms with Crippen LogP contribution < -0.4 is 10.6 Å². The normalized spacial score (nSPS) is 14.0. The number of benzene rings is 1. The van der Waals surface area contributed by atoms with Crippen molar-refractivity contribution in [1.29, 1.82) is 0 Å². The maximum atomic E-state index is 11.5. The number of ether oxygens (including phenoxy) is 1. The molecule has 1 aliphatic rings. The fraction of sp³-hybridized carbons (Fsp3) is 0.304. The summed E-state index contributed by atoms with van der Waals surface area (Å²) in [5.41, 5.74) is 10.2. The summed E-state index contributed by atoms with van der Waals surface area (Å²) in [5.74, 6) is 0.384. The van der Waals surface area contributed by atoms with Gasteiger partial charge in [0.1, 0.15) is 5.82 Å². The summed E-state index contributed by atoms with van der Waals surface area (Å²) in [5, 5.41) is 13.8. The van der Waals surface area contributed by atoms with Gasteiger partial charge in [-0.1, -0.05) is 15.9 Å². The lowest BCUT2D eigenvalue weighted by Crippen LogP contribution is -2.53. The summed E-state index contributed by atoms with van der Waals surface area (Å²) in [6.07, 6.45) is 1.80. The third kappa shape index (κ3) is 4.12. The van der Waals surface area contributed by atoms with E-state index in [-0.39, 0.29) is 11.7 Å². The smallest absolute Gasteiger partial charge is 0.335 e. The number of nitrogens with two attached hydrogens (primary N) is 1. The molecule has 176 valence electrons. The molecule has 10 nitrogen and oxygen atoms in total. The van der Waals surface area contributed by atoms with Crippen LogP contribution in [0.5, 0.6) is 0 Å². The van der Waals surface area contributed by atoms with Crippen LogP contribution in [0.1, 0.15) is 16.1 Å². The van der Waals surface area contributed by atoms with E-state index in [1.54, 1.807) is 29.9 Å². The van der Waals surface area contributed by atoms with Crippen molar-refractivity contribution in [2.45, 2.75) is 19.6 Å². The Bertz CT molecular complexity index is 1390. The lowest BCUT2D eigenvalue weighted by atomic mass is 10.1. The molecule has 1 fully saturated rings. The van der Waals surface area contributed by atoms with E-state index in [1.165, 1.54) is 0 Å². The van der Waals surface area contributed by atoms with Crippen LogP contribution in [0.25, 0.3) is 22.3 Å². The Morgan fingerprint density at radius 3 is 2.82 bits per heavy atom. The number of fused-ring (bicyclic) bond motifs is 1. The average molecular weight is 526 g/mol. The minimum absolute atomic E-state index is 0.0746. The molecule has 1 aliphatic heterocycles. The number of aromatic nitrogens is 5. The van der Waals surface area contributed by atoms with Gasteiger partial charge in [0.15, 0.2) is 0 Å². The minimum Gasteiger partial charge on any atom is -0.478 e. The highest BCUT2D eigenvalue weighted by Gasteiger charge is 2.32. The predicted molar refractivity (Wildman–Crippen MR) is 132 cm³/mol. The second kappa shape index (κ2) is 8.73. The van der Waals surface area contributed by atoms with Gasteiger partial charge in [-0.2, -0.15) is 5.10 Å². The summed E-state index contributed by atoms with van der Waals surface area (Å²) >= 11 is 3.50. The van der Waals surface area contributed by atoms with E-state index in [2.05, 4.69) is 35.9 Å². The number of anilines is 2. The predicted octanol–water partition coefficient (Wildman–Crippen LogP) is 3.09. The van der Waals surface area contributed by atoms with E-state index >= 15 is 0 Å². The first-order chi connectivity index (χ1) is 16.3. The molecule has 1 saturated heterocycles. The zero-order chi connectivity index (χ0) is 24.0. The molecule has 1 aromatic carbocycles. The first kappa shape index (κ1) is 22.4. The Morgan fingerprint density at radius 2 is 2.06 bits per heavy atom. The molecule has 3 aromatic heterocycles. The lowest BCUT2D eigenvalue weighted by molar-refractivity contribution is 0.0297. The second-order valence-electron chi connectivity index (χ2n) is 8.35. The highest BCUT2D eigenvalue weighted by atomic mass is 79.9. The third-order valence-electron chi connectivity index (χ3n) is 5.94. The van der Waals surface area contributed by atoms with Gasteiger partial charge in [-0.05, 0) is 37.3 Å². The first-order valence-corrected chi connectivity index (χ1v) is 11.6. The number of nitrogens with zero attached hydrogens (tertiary/aromatic N) is 6. The van der Waals surface area contributed by atoms with Crippen LogP contribution in [0, 0.1) is 6.92 Å². The Kier molecular flexibility index (Phi) is 5.74. The molecule has 34 heavy (non-hydrogen) atoms. The standard InChI is InChI=1S/C23H24BrN7O3/c1-13-7-14(22(32)33)8-19(27-13)17-10-26-29(2)21(17)30-11-16(12-30)34-6-5-31-20-9-15(24)3-4-18(20)28-23(31)25/h3-4,7-10,16H,5-6,11-12H2,1-2H3,(H2,25,28)(H,32,33). The number of hydrogen-bond acceptors (Lipinski definition) is 7. The minimum atomic E-state index is -0.978. The van der Waals surface area contributed by atoms with Gasteiger partial charge >= 0.3 is 5.97 Å². The average Bonchev–Trinajstić information content (AvgIpc) is 3.28. The van der Waals surface area contributed by atoms with E-state index in [4.69, 9.17) is 10.5 Å². The zero-order valence-electron chi connectivity index (χ0n) is 18.8. The number of hydrogen-bond donors (Lipinski definition) is 2. The molecule has 3 N–H and O–H groups in total. The van der Waals surface area contributed by atoms with Crippen LogP contribution in [0.4, 0.5) is 11.8 Å². The van der Waals surface area contributed by atoms with Crippen molar-refractivity contribution in [3.63, 3.8) is 0 Å². The second-order valence-corrected chi connectivity index (χ2v) is 9.26. The Labute approximate surface area is 204 Å². The molecule has 0 amide bonds. The van der Waals surface area contributed by atoms with E-state index in [9.17, 15) is 9.90 Å². The third-order valence-corrected chi connectivity index (χ3v) is 6.43. The molecule has 4 heterocycles. The molecular weight excluding hydrogens is 502 g/mol. The van der Waals surface area contributed by atoms with E-state index in [0.29, 0.717) is 43.6 Å². The Hall–Kier alpha value is -3.44. The molecule has 0 aliphatic carbocycles. The number of carboxylic acids is 1. The number of halogens is 1. The first-order valence-electron chi connectivity index (χ1n) is 10.8. The maximum absolute atomic E-state index is 11.5. The molecule has 4 aromatic rings. The highest BCUT2D eigenvalue weighted by Crippen LogP contribution is 2.33. The van der Waals surface area contributed by atoms with Crippen molar-refractivity contribution >= 4 is 44.7 Å². The maximum Gasteiger partial charge on any atom is 0.335 e. The Balaban J connectivity index is 1.25. The van der Waals surface area contributed by atoms with Gasteiger partial charge in [0.25, 0.3) is 0 Å². The number of carboxylic acid groups (broad SMARTS) is 1. The zero-order valence-corrected chi connectivity index (χ0v) is 20.4. The van der Waals surface area contributed by atoms with Gasteiger partial charge in [0, 0.05) is 36.8 Å². The molecule has 0 saturated carbocycles. The van der Waals surface area contributed by atoms with Gasteiger partial charge in [-0.25, -0.2) is 9.78 Å². The van der Waals surface area contributed by atoms with Gasteiger partial charge < -0.3 is 25.0 Å². The number of pyridine rings is 1. The Morgan fingerprint density at radius 1 is 1.26 bits per heavy atom. The molecule has 0 bridgehead atoms. The number of aromatic carboxylic acids is 1. The van der Waals surface area contributed by atoms with Crippen LogP contribution in [0.2, 0.25) is 0 Å². The summed E-state index contributed by atoms with van der Waals surface area (Å²) in [7, 11) is 1.87. The quantitative estimate of drug-likeness (QED) is 0.377. The molecule has 5 rings (SSSR count). The van der Waals surface area contributed by atoms with Crippen molar-refractivity contribution in [3.8, 4) is 11.3 Å². The van der Waals surface area contributed by atoms with Gasteiger partial charge in [-0.15, -0.1) is 0 Å². The summed E-state index contributed by atoms with van der Waals surface area (Å²) in [6.45, 7) is 4.32. The molecule has 0 radical (unpaired) electrons. The van der Waals surface area contributed by atoms with Crippen LogP contribution in [-0.2, 0) is 18.3 Å². The monoisotopic (exact) mass is 525 g/mol. The number of nitrogen functional groups attached to an aromatic ring is 1. The number of imidazole rings is 1. The van der Waals surface area contributed by atoms with Crippen LogP contribution in [-0.4, -0.2) is 61.2 Å². The van der Waals surface area contributed by atoms with Crippen LogP contribution in [0.15, 0.2) is 41.0 Å². The molecule has 0 atom stereocenters. The summed E-state index contributed by atoms with van der Waals surface area (Å²) in [6, 6.07) is 9.03. The SMILES string of the molecule is Cc1cc(C(=O)O)cc(-c2cnn(C)c2N2CC(OCCn3c(N)nc4ccc(Br)cc43)C2)n1. The van der Waals surface area contributed by atoms with E-state index < -0.39 is 5.97 Å². The van der Waals surface area contributed by atoms with Crippen molar-refractivity contribution < 1.29 is 14.6 Å². The lowest BCUT2D eigenvalue weighted by Gasteiger charge is -2.40. The fourth-order valence-corrected chi connectivity index (χ4v) is 4.64. The number of rotatable bonds is 7. The number of carbonyl (C=O) groups is 1. The van der Waals surface area contributed by atoms with Crippen molar-refractivity contribution in [1.82, 2.24) is 24.3 Å². The van der Waals surface area contributed by atoms with Crippen LogP contribution >= 0.6 is 15.9 Å². The number of aryl methyl sites for hydroxylation is 2. The topological polar surface area (TPSA) is 124 Å². The van der Waals surface area contributed by atoms with E-state index in [0.717, 1.165) is 26.9 Å². The van der Waals surface area contributed by atoms with Crippen molar-refractivity contribution in [2.24, 2.45) is 7.05 Å².